The molecule has 1 atom stereocenters. The van der Waals surface area contributed by atoms with Gasteiger partial charge in [0.15, 0.2) is 0 Å². The minimum absolute atomic E-state index is 0.0587. The molecule has 0 aromatic carbocycles. The molecular weight excluding hydrogens is 178 g/mol. The maximum Gasteiger partial charge on any atom is 0.269 e. The predicted octanol–water partition coefficient (Wildman–Crippen LogP) is 2.14. The Hall–Kier alpha value is -0.830. The molecule has 0 aromatic heterocycles. The van der Waals surface area contributed by atoms with E-state index in [1.54, 1.807) is 13.1 Å². The van der Waals surface area contributed by atoms with Crippen LogP contribution in [0.1, 0.15) is 32.6 Å². The lowest BCUT2D eigenvalue weighted by Gasteiger charge is -2.21. The Kier molecular flexibility index (Phi) is 4.14. The topological polar surface area (TPSA) is 29.5 Å². The highest BCUT2D eigenvalue weighted by Crippen LogP contribution is 2.27. The van der Waals surface area contributed by atoms with E-state index in [-0.39, 0.29) is 5.91 Å². The van der Waals surface area contributed by atoms with Crippen molar-refractivity contribution in [3.63, 3.8) is 0 Å². The highest BCUT2D eigenvalue weighted by Gasteiger charge is 2.14. The molecule has 1 rings (SSSR count). The van der Waals surface area contributed by atoms with Crippen molar-refractivity contribution < 1.29 is 9.63 Å². The van der Waals surface area contributed by atoms with Gasteiger partial charge in [-0.3, -0.25) is 9.63 Å². The fourth-order valence-electron chi connectivity index (χ4n) is 1.82. The summed E-state index contributed by atoms with van der Waals surface area (Å²) in [7, 11) is 3.13. The molecule has 0 aromatic rings. The molecule has 0 spiro atoms. The van der Waals surface area contributed by atoms with Crippen molar-refractivity contribution in [2.24, 2.45) is 5.92 Å². The fourth-order valence-corrected chi connectivity index (χ4v) is 1.82. The van der Waals surface area contributed by atoms with E-state index >= 15 is 0 Å². The molecule has 1 saturated carbocycles. The summed E-state index contributed by atoms with van der Waals surface area (Å²) in [6.07, 6.45) is 6.33. The molecule has 0 heterocycles. The van der Waals surface area contributed by atoms with Crippen molar-refractivity contribution in [1.82, 2.24) is 5.06 Å². The first kappa shape index (κ1) is 11.2. The molecule has 0 aliphatic heterocycles. The first-order valence-electron chi connectivity index (χ1n) is 5.14. The Balaban J connectivity index is 2.54. The zero-order valence-electron chi connectivity index (χ0n) is 9.25. The molecule has 3 heteroatoms. The Bertz CT molecular complexity index is 235. The van der Waals surface area contributed by atoms with E-state index in [1.165, 1.54) is 30.6 Å². The number of rotatable bonds is 2. The van der Waals surface area contributed by atoms with Gasteiger partial charge < -0.3 is 0 Å². The lowest BCUT2D eigenvalue weighted by atomic mass is 9.86. The third kappa shape index (κ3) is 3.14. The molecule has 0 N–H and O–H groups in total. The zero-order valence-corrected chi connectivity index (χ0v) is 9.25. The minimum Gasteiger partial charge on any atom is -0.274 e. The number of hydrogen-bond acceptors (Lipinski definition) is 2. The van der Waals surface area contributed by atoms with Crippen LogP contribution in [0.5, 0.6) is 0 Å². The monoisotopic (exact) mass is 197 g/mol. The lowest BCUT2D eigenvalue weighted by Crippen LogP contribution is -2.24. The van der Waals surface area contributed by atoms with E-state index in [0.717, 1.165) is 18.8 Å². The zero-order chi connectivity index (χ0) is 10.6. The first-order chi connectivity index (χ1) is 6.63. The van der Waals surface area contributed by atoms with Crippen LogP contribution in [-0.2, 0) is 9.63 Å². The van der Waals surface area contributed by atoms with Gasteiger partial charge in [0.1, 0.15) is 0 Å². The summed E-state index contributed by atoms with van der Waals surface area (Å²) >= 11 is 0. The van der Waals surface area contributed by atoms with Crippen molar-refractivity contribution in [3.8, 4) is 0 Å². The van der Waals surface area contributed by atoms with Crippen molar-refractivity contribution in [3.05, 3.63) is 11.6 Å². The second-order valence-electron chi connectivity index (χ2n) is 4.02. The van der Waals surface area contributed by atoms with Crippen LogP contribution in [-0.4, -0.2) is 25.1 Å². The molecule has 80 valence electrons. The van der Waals surface area contributed by atoms with Gasteiger partial charge in [0, 0.05) is 13.1 Å². The maximum atomic E-state index is 11.5. The number of allylic oxidation sites excluding steroid dienone is 1. The number of hydrogen-bond donors (Lipinski definition) is 0. The van der Waals surface area contributed by atoms with Crippen LogP contribution >= 0.6 is 0 Å². The highest BCUT2D eigenvalue weighted by molar-refractivity contribution is 5.87. The van der Waals surface area contributed by atoms with Crippen LogP contribution in [0.15, 0.2) is 11.6 Å². The quantitative estimate of drug-likeness (QED) is 0.501. The standard InChI is InChI=1S/C11H19NO2/c1-9-5-4-6-10(7-9)8-11(13)12(2)14-3/h8-9H,4-7H2,1-3H3/b10-8-. The average Bonchev–Trinajstić information content (AvgIpc) is 2.16. The third-order valence-corrected chi connectivity index (χ3v) is 2.72. The minimum atomic E-state index is -0.0587. The molecule has 14 heavy (non-hydrogen) atoms. The van der Waals surface area contributed by atoms with E-state index < -0.39 is 0 Å². The van der Waals surface area contributed by atoms with Gasteiger partial charge in [-0.1, -0.05) is 18.9 Å². The molecule has 3 nitrogen and oxygen atoms in total. The summed E-state index contributed by atoms with van der Waals surface area (Å²) in [5, 5.41) is 1.26. The average molecular weight is 197 g/mol. The number of amides is 1. The van der Waals surface area contributed by atoms with E-state index in [2.05, 4.69) is 6.92 Å². The smallest absolute Gasteiger partial charge is 0.269 e. The highest BCUT2D eigenvalue weighted by atomic mass is 16.7. The first-order valence-corrected chi connectivity index (χ1v) is 5.14. The van der Waals surface area contributed by atoms with Gasteiger partial charge in [-0.25, -0.2) is 5.06 Å². The van der Waals surface area contributed by atoms with Gasteiger partial charge in [0.2, 0.25) is 0 Å². The molecular formula is C11H19NO2. The molecule has 1 fully saturated rings. The van der Waals surface area contributed by atoms with Gasteiger partial charge >= 0.3 is 0 Å². The second-order valence-corrected chi connectivity index (χ2v) is 4.02. The van der Waals surface area contributed by atoms with Crippen LogP contribution in [0, 0.1) is 5.92 Å². The number of likely N-dealkylation sites (N-methyl/N-ethyl adjacent to an activating group) is 1. The van der Waals surface area contributed by atoms with Gasteiger partial charge in [0.25, 0.3) is 5.91 Å². The largest absolute Gasteiger partial charge is 0.274 e. The van der Waals surface area contributed by atoms with E-state index in [1.807, 2.05) is 0 Å². The van der Waals surface area contributed by atoms with Gasteiger partial charge in [-0.15, -0.1) is 0 Å². The third-order valence-electron chi connectivity index (χ3n) is 2.72. The normalized spacial score (nSPS) is 25.1. The Morgan fingerprint density at radius 1 is 1.64 bits per heavy atom. The van der Waals surface area contributed by atoms with Crippen molar-refractivity contribution in [1.29, 1.82) is 0 Å². The van der Waals surface area contributed by atoms with Crippen molar-refractivity contribution in [2.45, 2.75) is 32.6 Å². The molecule has 1 amide bonds. The summed E-state index contributed by atoms with van der Waals surface area (Å²) in [6.45, 7) is 2.23. The van der Waals surface area contributed by atoms with Crippen LogP contribution < -0.4 is 0 Å². The Morgan fingerprint density at radius 2 is 2.36 bits per heavy atom. The molecule has 1 aliphatic carbocycles. The molecule has 1 aliphatic rings. The SMILES string of the molecule is CON(C)C(=O)/C=C1/CCCC(C)C1. The number of carbonyl (C=O) groups excluding carboxylic acids is 1. The van der Waals surface area contributed by atoms with Gasteiger partial charge in [-0.05, 0) is 25.2 Å². The van der Waals surface area contributed by atoms with Crippen molar-refractivity contribution >= 4 is 5.91 Å². The van der Waals surface area contributed by atoms with Crippen molar-refractivity contribution in [2.75, 3.05) is 14.2 Å². The second kappa shape index (κ2) is 5.15. The van der Waals surface area contributed by atoms with E-state index in [4.69, 9.17) is 4.84 Å². The Labute approximate surface area is 85.7 Å². The van der Waals surface area contributed by atoms with E-state index in [9.17, 15) is 4.79 Å². The Morgan fingerprint density at radius 3 is 2.93 bits per heavy atom. The predicted molar refractivity (Wildman–Crippen MR) is 55.5 cm³/mol. The van der Waals surface area contributed by atoms with Crippen LogP contribution in [0.25, 0.3) is 0 Å². The lowest BCUT2D eigenvalue weighted by molar-refractivity contribution is -0.162. The summed E-state index contributed by atoms with van der Waals surface area (Å²) in [6, 6.07) is 0. The summed E-state index contributed by atoms with van der Waals surface area (Å²) in [5.41, 5.74) is 1.26. The van der Waals surface area contributed by atoms with E-state index in [0.29, 0.717) is 0 Å². The van der Waals surface area contributed by atoms with Gasteiger partial charge in [0.05, 0.1) is 7.11 Å². The maximum absolute atomic E-state index is 11.5. The number of nitrogens with zero attached hydrogens (tertiary/aromatic N) is 1. The number of hydroxylamine groups is 2. The summed E-state index contributed by atoms with van der Waals surface area (Å²) in [4.78, 5) is 16.3. The summed E-state index contributed by atoms with van der Waals surface area (Å²) < 4.78 is 0. The van der Waals surface area contributed by atoms with Crippen LogP contribution in [0.3, 0.4) is 0 Å². The molecule has 0 bridgehead atoms. The molecule has 0 radical (unpaired) electrons. The molecule has 0 saturated heterocycles. The fraction of sp³-hybridized carbons (Fsp3) is 0.727. The van der Waals surface area contributed by atoms with Gasteiger partial charge in [-0.2, -0.15) is 0 Å². The van der Waals surface area contributed by atoms with Crippen LogP contribution in [0.2, 0.25) is 0 Å². The van der Waals surface area contributed by atoms with Crippen LogP contribution in [0.4, 0.5) is 0 Å². The molecule has 1 unspecified atom stereocenters. The number of carbonyl (C=O) groups is 1. The summed E-state index contributed by atoms with van der Waals surface area (Å²) in [5.74, 6) is 0.659.